The van der Waals surface area contributed by atoms with Gasteiger partial charge in [-0.3, -0.25) is 0 Å². The largest absolute Gasteiger partial charge is 0.371 e. The lowest BCUT2D eigenvalue weighted by Crippen LogP contribution is -2.64. The van der Waals surface area contributed by atoms with Gasteiger partial charge in [0.25, 0.3) is 0 Å². The fraction of sp³-hybridized carbons (Fsp3) is 0.500. The molecule has 1 N–H and O–H groups in total. The number of amides is 2. The summed E-state index contributed by atoms with van der Waals surface area (Å²) in [6.45, 7) is 0.609. The predicted octanol–water partition coefficient (Wildman–Crippen LogP) is 3.30. The molecule has 2 aromatic carbocycles. The number of rotatable bonds is 6. The number of benzene rings is 2. The average molecular weight is 518 g/mol. The Kier molecular flexibility index (Phi) is 7.30. The van der Waals surface area contributed by atoms with Crippen LogP contribution in [-0.2, 0) is 26.1 Å². The van der Waals surface area contributed by atoms with E-state index < -0.39 is 21.9 Å². The summed E-state index contributed by atoms with van der Waals surface area (Å²) in [6.07, 6.45) is 0.884. The molecule has 10 heteroatoms. The molecular formula is C26H32FN3O5S. The van der Waals surface area contributed by atoms with Gasteiger partial charge in [0.1, 0.15) is 0 Å². The van der Waals surface area contributed by atoms with Crippen LogP contribution in [0.15, 0.2) is 65.6 Å². The summed E-state index contributed by atoms with van der Waals surface area (Å²) in [6, 6.07) is 17.4. The standard InChI is InChI=1S/C26H32FN3O5S/c27-24-18-29(25(31)28-22-12-7-13-23(22)34-19-20-8-3-1-4-9-20)15-14-26(24)30(16-17-35-26)36(32,33)21-10-5-2-6-11-21/h1-6,8-11,22-24H,7,12-19H2,(H,28,31)/t22-,23-,24?,26?/m0/s1. The second-order valence-corrected chi connectivity index (χ2v) is 11.4. The van der Waals surface area contributed by atoms with Crippen LogP contribution < -0.4 is 5.32 Å². The molecule has 8 nitrogen and oxygen atoms in total. The van der Waals surface area contributed by atoms with E-state index in [-0.39, 0.29) is 55.7 Å². The van der Waals surface area contributed by atoms with Gasteiger partial charge in [0.05, 0.1) is 36.8 Å². The quantitative estimate of drug-likeness (QED) is 0.635. The van der Waals surface area contributed by atoms with E-state index in [1.807, 2.05) is 30.3 Å². The topological polar surface area (TPSA) is 88.2 Å². The number of piperidine rings is 1. The first kappa shape index (κ1) is 25.1. The molecule has 2 aromatic rings. The first-order chi connectivity index (χ1) is 17.4. The van der Waals surface area contributed by atoms with Gasteiger partial charge in [0.2, 0.25) is 10.0 Å². The number of halogens is 1. The molecule has 1 spiro atoms. The van der Waals surface area contributed by atoms with Gasteiger partial charge in [-0.15, -0.1) is 0 Å². The highest BCUT2D eigenvalue weighted by molar-refractivity contribution is 7.89. The third-order valence-electron chi connectivity index (χ3n) is 7.37. The van der Waals surface area contributed by atoms with Gasteiger partial charge in [0.15, 0.2) is 11.9 Å². The van der Waals surface area contributed by atoms with Gasteiger partial charge in [0, 0.05) is 19.5 Å². The summed E-state index contributed by atoms with van der Waals surface area (Å²) in [5, 5.41) is 3.02. The predicted molar refractivity (Wildman–Crippen MR) is 131 cm³/mol. The van der Waals surface area contributed by atoms with E-state index in [9.17, 15) is 13.2 Å². The minimum Gasteiger partial charge on any atom is -0.371 e. The molecule has 2 unspecified atom stereocenters. The molecule has 3 aliphatic rings. The summed E-state index contributed by atoms with van der Waals surface area (Å²) in [5.74, 6) is 0. The molecular weight excluding hydrogens is 485 g/mol. The van der Waals surface area contributed by atoms with Crippen LogP contribution >= 0.6 is 0 Å². The minimum atomic E-state index is -3.94. The molecule has 0 radical (unpaired) electrons. The number of likely N-dealkylation sites (tertiary alicyclic amines) is 1. The molecule has 1 saturated carbocycles. The summed E-state index contributed by atoms with van der Waals surface area (Å²) in [4.78, 5) is 14.6. The van der Waals surface area contributed by atoms with Crippen LogP contribution in [0, 0.1) is 0 Å². The van der Waals surface area contributed by atoms with Crippen LogP contribution in [0.3, 0.4) is 0 Å². The van der Waals surface area contributed by atoms with Crippen molar-refractivity contribution in [2.45, 2.75) is 61.2 Å². The molecule has 2 saturated heterocycles. The third-order valence-corrected chi connectivity index (χ3v) is 9.31. The summed E-state index contributed by atoms with van der Waals surface area (Å²) in [5.41, 5.74) is -0.525. The molecule has 5 rings (SSSR count). The first-order valence-corrected chi connectivity index (χ1v) is 13.9. The number of alkyl halides is 1. The number of carbonyl (C=O) groups is 1. The van der Waals surface area contributed by atoms with Crippen molar-refractivity contribution in [2.24, 2.45) is 0 Å². The first-order valence-electron chi connectivity index (χ1n) is 12.5. The van der Waals surface area contributed by atoms with Crippen LogP contribution in [0.2, 0.25) is 0 Å². The van der Waals surface area contributed by atoms with E-state index in [0.717, 1.165) is 29.1 Å². The zero-order valence-corrected chi connectivity index (χ0v) is 20.9. The molecule has 0 bridgehead atoms. The van der Waals surface area contributed by atoms with Crippen LogP contribution in [0.4, 0.5) is 9.18 Å². The zero-order chi connectivity index (χ0) is 25.2. The number of ether oxygens (including phenoxy) is 2. The molecule has 1 aliphatic carbocycles. The molecule has 2 aliphatic heterocycles. The second-order valence-electron chi connectivity index (χ2n) is 9.57. The number of nitrogens with one attached hydrogen (secondary N) is 1. The number of sulfonamides is 1. The fourth-order valence-electron chi connectivity index (χ4n) is 5.44. The highest BCUT2D eigenvalue weighted by atomic mass is 32.2. The van der Waals surface area contributed by atoms with Gasteiger partial charge < -0.3 is 19.7 Å². The monoisotopic (exact) mass is 517 g/mol. The maximum Gasteiger partial charge on any atom is 0.317 e. The number of hydrogen-bond donors (Lipinski definition) is 1. The smallest absolute Gasteiger partial charge is 0.317 e. The Labute approximate surface area is 211 Å². The van der Waals surface area contributed by atoms with E-state index >= 15 is 4.39 Å². The minimum absolute atomic E-state index is 0.0618. The maximum atomic E-state index is 15.7. The zero-order valence-electron chi connectivity index (χ0n) is 20.1. The SMILES string of the molecule is O=C(N[C@H]1CCC[C@@H]1OCc1ccccc1)N1CCC2(OCCN2S(=O)(=O)c2ccccc2)C(F)C1. The van der Waals surface area contributed by atoms with Crippen molar-refractivity contribution in [3.63, 3.8) is 0 Å². The Bertz CT molecular complexity index is 1150. The van der Waals surface area contributed by atoms with E-state index in [1.165, 1.54) is 17.0 Å². The third kappa shape index (κ3) is 4.87. The van der Waals surface area contributed by atoms with Crippen molar-refractivity contribution in [1.82, 2.24) is 14.5 Å². The normalized spacial score (nSPS) is 29.0. The molecule has 4 atom stereocenters. The van der Waals surface area contributed by atoms with Crippen molar-refractivity contribution < 1.29 is 27.1 Å². The highest BCUT2D eigenvalue weighted by Crippen LogP contribution is 2.40. The Morgan fingerprint density at radius 3 is 2.53 bits per heavy atom. The van der Waals surface area contributed by atoms with Crippen molar-refractivity contribution in [1.29, 1.82) is 0 Å². The van der Waals surface area contributed by atoms with E-state index in [1.54, 1.807) is 18.2 Å². The van der Waals surface area contributed by atoms with Gasteiger partial charge in [-0.05, 0) is 37.0 Å². The van der Waals surface area contributed by atoms with Crippen molar-refractivity contribution in [3.8, 4) is 0 Å². The van der Waals surface area contributed by atoms with E-state index in [2.05, 4.69) is 5.32 Å². The summed E-state index contributed by atoms with van der Waals surface area (Å²) >= 11 is 0. The Hall–Kier alpha value is -2.53. The molecule has 0 aromatic heterocycles. The van der Waals surface area contributed by atoms with Gasteiger partial charge in [-0.25, -0.2) is 17.6 Å². The van der Waals surface area contributed by atoms with Gasteiger partial charge in [-0.2, -0.15) is 4.31 Å². The van der Waals surface area contributed by atoms with Gasteiger partial charge in [-0.1, -0.05) is 48.5 Å². The Morgan fingerprint density at radius 2 is 1.81 bits per heavy atom. The molecule has 194 valence electrons. The molecule has 2 amide bonds. The molecule has 2 heterocycles. The van der Waals surface area contributed by atoms with Crippen molar-refractivity contribution in [3.05, 3.63) is 66.2 Å². The number of nitrogens with zero attached hydrogens (tertiary/aromatic N) is 2. The van der Waals surface area contributed by atoms with Crippen molar-refractivity contribution in [2.75, 3.05) is 26.2 Å². The number of carbonyl (C=O) groups excluding carboxylic acids is 1. The Morgan fingerprint density at radius 1 is 1.08 bits per heavy atom. The highest BCUT2D eigenvalue weighted by Gasteiger charge is 2.57. The van der Waals surface area contributed by atoms with Crippen molar-refractivity contribution >= 4 is 16.1 Å². The lowest BCUT2D eigenvalue weighted by molar-refractivity contribution is -0.135. The lowest BCUT2D eigenvalue weighted by Gasteiger charge is -2.45. The van der Waals surface area contributed by atoms with Crippen LogP contribution in [0.5, 0.6) is 0 Å². The van der Waals surface area contributed by atoms with Gasteiger partial charge >= 0.3 is 6.03 Å². The van der Waals surface area contributed by atoms with Crippen LogP contribution in [0.25, 0.3) is 0 Å². The number of urea groups is 1. The van der Waals surface area contributed by atoms with E-state index in [4.69, 9.17) is 9.47 Å². The van der Waals surface area contributed by atoms with Crippen LogP contribution in [-0.4, -0.2) is 73.9 Å². The Balaban J connectivity index is 1.21. The average Bonchev–Trinajstić information content (AvgIpc) is 3.53. The van der Waals surface area contributed by atoms with E-state index in [0.29, 0.717) is 6.61 Å². The van der Waals surface area contributed by atoms with Crippen LogP contribution in [0.1, 0.15) is 31.2 Å². The fourth-order valence-corrected chi connectivity index (χ4v) is 7.17. The summed E-state index contributed by atoms with van der Waals surface area (Å²) < 4.78 is 55.2. The lowest BCUT2D eigenvalue weighted by atomic mass is 9.99. The summed E-state index contributed by atoms with van der Waals surface area (Å²) in [7, 11) is -3.94. The number of hydrogen-bond acceptors (Lipinski definition) is 5. The molecule has 36 heavy (non-hydrogen) atoms. The molecule has 3 fully saturated rings. The second kappa shape index (κ2) is 10.5. The maximum absolute atomic E-state index is 15.7.